The Balaban J connectivity index is 1.81. The zero-order chi connectivity index (χ0) is 17.1. The fourth-order valence-corrected chi connectivity index (χ4v) is 2.03. The number of aromatic nitrogens is 3. The highest BCUT2D eigenvalue weighted by Crippen LogP contribution is 2.22. The van der Waals surface area contributed by atoms with Gasteiger partial charge in [-0.2, -0.15) is 0 Å². The molecule has 0 bridgehead atoms. The Hall–Kier alpha value is -3.55. The van der Waals surface area contributed by atoms with Crippen molar-refractivity contribution in [2.75, 3.05) is 11.5 Å². The molecule has 0 amide bonds. The summed E-state index contributed by atoms with van der Waals surface area (Å²) in [5.41, 5.74) is 12.3. The van der Waals surface area contributed by atoms with E-state index in [9.17, 15) is 4.39 Å². The smallest absolute Gasteiger partial charge is 0.219 e. The summed E-state index contributed by atoms with van der Waals surface area (Å²) in [5, 5.41) is 8.21. The van der Waals surface area contributed by atoms with Crippen molar-refractivity contribution in [3.63, 3.8) is 0 Å². The molecule has 3 aromatic rings. The first-order valence-corrected chi connectivity index (χ1v) is 6.89. The van der Waals surface area contributed by atoms with Crippen LogP contribution in [0.5, 0.6) is 11.6 Å². The molecule has 0 radical (unpaired) electrons. The van der Waals surface area contributed by atoms with E-state index in [1.165, 1.54) is 36.8 Å². The molecule has 0 aliphatic rings. The lowest BCUT2D eigenvalue weighted by Gasteiger charge is -2.09. The van der Waals surface area contributed by atoms with Crippen molar-refractivity contribution in [3.8, 4) is 11.6 Å². The second kappa shape index (κ2) is 6.29. The largest absolute Gasteiger partial charge is 0.439 e. The van der Waals surface area contributed by atoms with Gasteiger partial charge in [0.15, 0.2) is 0 Å². The van der Waals surface area contributed by atoms with Gasteiger partial charge in [0.2, 0.25) is 5.88 Å². The molecule has 8 heteroatoms. The van der Waals surface area contributed by atoms with Crippen molar-refractivity contribution in [2.45, 2.75) is 0 Å². The zero-order valence-electron chi connectivity index (χ0n) is 12.4. The second-order valence-electron chi connectivity index (χ2n) is 4.84. The number of anilines is 2. The normalized spacial score (nSPS) is 10.4. The van der Waals surface area contributed by atoms with Crippen LogP contribution in [0.4, 0.5) is 16.0 Å². The number of hydrogen-bond acceptors (Lipinski definition) is 7. The van der Waals surface area contributed by atoms with Gasteiger partial charge in [0.25, 0.3) is 0 Å². The zero-order valence-corrected chi connectivity index (χ0v) is 12.4. The lowest BCUT2D eigenvalue weighted by Crippen LogP contribution is -2.12. The summed E-state index contributed by atoms with van der Waals surface area (Å²) in [6.07, 6.45) is 2.69. The third-order valence-corrected chi connectivity index (χ3v) is 3.22. The third-order valence-electron chi connectivity index (χ3n) is 3.22. The number of nitrogens with zero attached hydrogens (tertiary/aromatic N) is 3. The predicted molar refractivity (Wildman–Crippen MR) is 87.5 cm³/mol. The number of nitrogens with two attached hydrogens (primary N) is 2. The molecule has 0 spiro atoms. The molecular weight excluding hydrogens is 311 g/mol. The number of nitrogen functional groups attached to an aromatic ring is 2. The molecule has 1 aromatic carbocycles. The molecule has 0 aliphatic carbocycles. The minimum atomic E-state index is -0.348. The number of halogens is 1. The molecule has 0 saturated heterocycles. The van der Waals surface area contributed by atoms with Crippen molar-refractivity contribution in [1.82, 2.24) is 15.0 Å². The number of ether oxygens (including phenoxy) is 1. The monoisotopic (exact) mass is 324 g/mol. The van der Waals surface area contributed by atoms with Gasteiger partial charge in [-0.15, -0.1) is 0 Å². The molecule has 7 nitrogen and oxygen atoms in total. The quantitative estimate of drug-likeness (QED) is 0.633. The van der Waals surface area contributed by atoms with Crippen LogP contribution in [0, 0.1) is 11.2 Å². The highest BCUT2D eigenvalue weighted by molar-refractivity contribution is 6.15. The summed E-state index contributed by atoms with van der Waals surface area (Å²) in [4.78, 5) is 11.8. The van der Waals surface area contributed by atoms with E-state index in [1.807, 2.05) is 0 Å². The third kappa shape index (κ3) is 3.12. The Morgan fingerprint density at radius 3 is 2.21 bits per heavy atom. The first-order chi connectivity index (χ1) is 11.5. The van der Waals surface area contributed by atoms with Crippen LogP contribution in [0.3, 0.4) is 0 Å². The van der Waals surface area contributed by atoms with E-state index in [0.29, 0.717) is 17.2 Å². The Labute approximate surface area is 136 Å². The fourth-order valence-electron chi connectivity index (χ4n) is 2.03. The molecule has 0 aliphatic heterocycles. The van der Waals surface area contributed by atoms with Gasteiger partial charge < -0.3 is 16.2 Å². The fraction of sp³-hybridized carbons (Fsp3) is 0. The number of rotatable bonds is 4. The van der Waals surface area contributed by atoms with Crippen LogP contribution in [-0.4, -0.2) is 20.7 Å². The second-order valence-corrected chi connectivity index (χ2v) is 4.84. The van der Waals surface area contributed by atoms with Crippen molar-refractivity contribution >= 4 is 17.3 Å². The van der Waals surface area contributed by atoms with E-state index in [2.05, 4.69) is 15.0 Å². The number of benzene rings is 1. The molecule has 0 unspecified atom stereocenters. The Kier molecular flexibility index (Phi) is 4.02. The first kappa shape index (κ1) is 15.3. The molecule has 0 atom stereocenters. The van der Waals surface area contributed by atoms with Crippen LogP contribution in [0.1, 0.15) is 11.1 Å². The number of pyridine rings is 1. The van der Waals surface area contributed by atoms with Gasteiger partial charge in [0.05, 0.1) is 11.3 Å². The Bertz CT molecular complexity index is 860. The predicted octanol–water partition coefficient (Wildman–Crippen LogP) is 2.38. The molecule has 3 rings (SSSR count). The minimum Gasteiger partial charge on any atom is -0.439 e. The molecule has 0 fully saturated rings. The highest BCUT2D eigenvalue weighted by Gasteiger charge is 2.14. The van der Waals surface area contributed by atoms with Gasteiger partial charge in [-0.05, 0) is 30.3 Å². The molecule has 2 aromatic heterocycles. The maximum absolute atomic E-state index is 12.9. The Morgan fingerprint density at radius 2 is 1.62 bits per heavy atom. The van der Waals surface area contributed by atoms with Crippen LogP contribution in [0.2, 0.25) is 0 Å². The van der Waals surface area contributed by atoms with Gasteiger partial charge in [-0.1, -0.05) is 0 Å². The van der Waals surface area contributed by atoms with Crippen LogP contribution in [0.25, 0.3) is 0 Å². The van der Waals surface area contributed by atoms with E-state index in [0.717, 1.165) is 0 Å². The van der Waals surface area contributed by atoms with Crippen LogP contribution >= 0.6 is 0 Å². The minimum absolute atomic E-state index is 0.0615. The molecule has 0 saturated carbocycles. The average molecular weight is 324 g/mol. The number of nitrogens with one attached hydrogen (secondary N) is 1. The number of hydrogen-bond donors (Lipinski definition) is 3. The van der Waals surface area contributed by atoms with Gasteiger partial charge in [0.1, 0.15) is 29.5 Å². The van der Waals surface area contributed by atoms with Gasteiger partial charge in [0, 0.05) is 17.8 Å². The standard InChI is InChI=1S/C16H13FN6O/c17-10-2-4-11(5-3-10)24-12-6-1-9(7-21-12)14(18)13-15(19)22-8-23-16(13)20/h1-8,18H,(H4,19,20,22,23). The summed E-state index contributed by atoms with van der Waals surface area (Å²) in [5.74, 6) is 0.665. The lowest BCUT2D eigenvalue weighted by atomic mass is 10.1. The summed E-state index contributed by atoms with van der Waals surface area (Å²) < 4.78 is 18.4. The maximum Gasteiger partial charge on any atom is 0.219 e. The van der Waals surface area contributed by atoms with Crippen LogP contribution < -0.4 is 16.2 Å². The van der Waals surface area contributed by atoms with Crippen molar-refractivity contribution < 1.29 is 9.13 Å². The highest BCUT2D eigenvalue weighted by atomic mass is 19.1. The van der Waals surface area contributed by atoms with E-state index >= 15 is 0 Å². The van der Waals surface area contributed by atoms with E-state index in [4.69, 9.17) is 21.6 Å². The van der Waals surface area contributed by atoms with Crippen LogP contribution in [0.15, 0.2) is 48.9 Å². The maximum atomic E-state index is 12.9. The van der Waals surface area contributed by atoms with Gasteiger partial charge >= 0.3 is 0 Å². The molecule has 5 N–H and O–H groups in total. The molecule has 120 valence electrons. The van der Waals surface area contributed by atoms with Crippen LogP contribution in [-0.2, 0) is 0 Å². The van der Waals surface area contributed by atoms with Crippen molar-refractivity contribution in [2.24, 2.45) is 0 Å². The van der Waals surface area contributed by atoms with Crippen molar-refractivity contribution in [1.29, 1.82) is 5.41 Å². The Morgan fingerprint density at radius 1 is 0.958 bits per heavy atom. The van der Waals surface area contributed by atoms with E-state index < -0.39 is 0 Å². The lowest BCUT2D eigenvalue weighted by molar-refractivity contribution is 0.461. The molecular formula is C16H13FN6O. The summed E-state index contributed by atoms with van der Waals surface area (Å²) in [7, 11) is 0. The summed E-state index contributed by atoms with van der Waals surface area (Å²) >= 11 is 0. The van der Waals surface area contributed by atoms with Crippen molar-refractivity contribution in [3.05, 3.63) is 65.9 Å². The summed E-state index contributed by atoms with van der Waals surface area (Å²) in [6, 6.07) is 8.80. The topological polar surface area (TPSA) is 124 Å². The van der Waals surface area contributed by atoms with E-state index in [-0.39, 0.29) is 28.7 Å². The van der Waals surface area contributed by atoms with E-state index in [1.54, 1.807) is 12.1 Å². The van der Waals surface area contributed by atoms with Gasteiger partial charge in [-0.3, -0.25) is 5.41 Å². The average Bonchev–Trinajstić information content (AvgIpc) is 2.57. The summed E-state index contributed by atoms with van der Waals surface area (Å²) in [6.45, 7) is 0. The molecule has 24 heavy (non-hydrogen) atoms. The molecule has 2 heterocycles. The SMILES string of the molecule is N=C(c1ccc(Oc2ccc(F)cc2)nc1)c1c(N)ncnc1N. The van der Waals surface area contributed by atoms with Gasteiger partial charge in [-0.25, -0.2) is 19.3 Å². The first-order valence-electron chi connectivity index (χ1n) is 6.89.